The first kappa shape index (κ1) is 15.0. The normalized spacial score (nSPS) is 12.9. The second kappa shape index (κ2) is 6.13. The number of benzene rings is 2. The zero-order valence-electron chi connectivity index (χ0n) is 13.0. The molecule has 0 radical (unpaired) electrons. The van der Waals surface area contributed by atoms with Gasteiger partial charge in [-0.2, -0.15) is 0 Å². The Morgan fingerprint density at radius 3 is 2.83 bits per heavy atom. The number of fused-ring (bicyclic) bond motifs is 1. The lowest BCUT2D eigenvalue weighted by Crippen LogP contribution is -2.11. The third-order valence-electron chi connectivity index (χ3n) is 4.24. The SMILES string of the molecule is O=C(Nc1cccc(-c2cnc3n2CCC3)c1)c1ccc(Cl)cc1. The first-order chi connectivity index (χ1) is 11.7. The molecule has 1 aromatic heterocycles. The Balaban J connectivity index is 1.58. The van der Waals surface area contributed by atoms with Crippen molar-refractivity contribution in [2.45, 2.75) is 19.4 Å². The molecular weight excluding hydrogens is 322 g/mol. The summed E-state index contributed by atoms with van der Waals surface area (Å²) in [7, 11) is 0. The lowest BCUT2D eigenvalue weighted by Gasteiger charge is -2.09. The third-order valence-corrected chi connectivity index (χ3v) is 4.49. The van der Waals surface area contributed by atoms with Crippen LogP contribution < -0.4 is 5.32 Å². The van der Waals surface area contributed by atoms with Crippen LogP contribution in [0.5, 0.6) is 0 Å². The summed E-state index contributed by atoms with van der Waals surface area (Å²) in [6.07, 6.45) is 4.09. The molecule has 4 rings (SSSR count). The van der Waals surface area contributed by atoms with Crippen molar-refractivity contribution in [2.75, 3.05) is 5.32 Å². The van der Waals surface area contributed by atoms with E-state index in [1.807, 2.05) is 30.5 Å². The number of hydrogen-bond donors (Lipinski definition) is 1. The number of halogens is 1. The molecule has 0 saturated heterocycles. The fourth-order valence-corrected chi connectivity index (χ4v) is 3.18. The highest BCUT2D eigenvalue weighted by Crippen LogP contribution is 2.27. The van der Waals surface area contributed by atoms with Crippen LogP contribution in [0, 0.1) is 0 Å². The molecule has 120 valence electrons. The standard InChI is InChI=1S/C19H16ClN3O/c20-15-8-6-13(7-9-15)19(24)22-16-4-1-3-14(11-16)17-12-21-18-5-2-10-23(17)18/h1,3-4,6-9,11-12H,2,5,10H2,(H,22,24). The van der Waals surface area contributed by atoms with E-state index in [0.29, 0.717) is 10.6 Å². The molecule has 0 spiro atoms. The van der Waals surface area contributed by atoms with Crippen molar-refractivity contribution < 1.29 is 4.79 Å². The van der Waals surface area contributed by atoms with Gasteiger partial charge in [0.25, 0.3) is 5.91 Å². The van der Waals surface area contributed by atoms with Crippen LogP contribution in [0.25, 0.3) is 11.3 Å². The average Bonchev–Trinajstić information content (AvgIpc) is 3.19. The van der Waals surface area contributed by atoms with Gasteiger partial charge in [-0.25, -0.2) is 4.98 Å². The van der Waals surface area contributed by atoms with Crippen LogP contribution in [0.1, 0.15) is 22.6 Å². The van der Waals surface area contributed by atoms with Crippen molar-refractivity contribution in [3.8, 4) is 11.3 Å². The third kappa shape index (κ3) is 2.81. The van der Waals surface area contributed by atoms with Crippen molar-refractivity contribution in [3.63, 3.8) is 0 Å². The van der Waals surface area contributed by atoms with Crippen molar-refractivity contribution in [2.24, 2.45) is 0 Å². The maximum Gasteiger partial charge on any atom is 0.255 e. The first-order valence-corrected chi connectivity index (χ1v) is 8.30. The molecule has 1 amide bonds. The van der Waals surface area contributed by atoms with Crippen LogP contribution in [-0.2, 0) is 13.0 Å². The molecule has 0 fully saturated rings. The number of amides is 1. The number of hydrogen-bond acceptors (Lipinski definition) is 2. The van der Waals surface area contributed by atoms with Gasteiger partial charge in [-0.3, -0.25) is 4.79 Å². The zero-order chi connectivity index (χ0) is 16.5. The average molecular weight is 338 g/mol. The summed E-state index contributed by atoms with van der Waals surface area (Å²) >= 11 is 5.86. The van der Waals surface area contributed by atoms with Crippen LogP contribution in [-0.4, -0.2) is 15.5 Å². The van der Waals surface area contributed by atoms with E-state index >= 15 is 0 Å². The van der Waals surface area contributed by atoms with E-state index in [1.54, 1.807) is 24.3 Å². The molecule has 0 unspecified atom stereocenters. The number of nitrogens with zero attached hydrogens (tertiary/aromatic N) is 2. The number of carbonyl (C=O) groups excluding carboxylic acids is 1. The highest BCUT2D eigenvalue weighted by atomic mass is 35.5. The summed E-state index contributed by atoms with van der Waals surface area (Å²) in [4.78, 5) is 16.8. The maximum absolute atomic E-state index is 12.3. The lowest BCUT2D eigenvalue weighted by molar-refractivity contribution is 0.102. The Hall–Kier alpha value is -2.59. The number of carbonyl (C=O) groups is 1. The number of rotatable bonds is 3. The number of aryl methyl sites for hydroxylation is 1. The Bertz CT molecular complexity index is 899. The molecule has 1 aliphatic rings. The van der Waals surface area contributed by atoms with Gasteiger partial charge in [-0.15, -0.1) is 0 Å². The second-order valence-electron chi connectivity index (χ2n) is 5.86. The van der Waals surface area contributed by atoms with Gasteiger partial charge >= 0.3 is 0 Å². The first-order valence-electron chi connectivity index (χ1n) is 7.92. The van der Waals surface area contributed by atoms with Crippen LogP contribution in [0.4, 0.5) is 5.69 Å². The predicted molar refractivity (Wildman–Crippen MR) is 95.4 cm³/mol. The van der Waals surface area contributed by atoms with Crippen molar-refractivity contribution >= 4 is 23.2 Å². The van der Waals surface area contributed by atoms with Gasteiger partial charge in [0, 0.05) is 34.8 Å². The molecule has 24 heavy (non-hydrogen) atoms. The minimum absolute atomic E-state index is 0.151. The Morgan fingerprint density at radius 1 is 1.17 bits per heavy atom. The van der Waals surface area contributed by atoms with Crippen LogP contribution in [0.2, 0.25) is 5.02 Å². The maximum atomic E-state index is 12.3. The molecule has 2 heterocycles. The minimum atomic E-state index is -0.151. The summed E-state index contributed by atoms with van der Waals surface area (Å²) in [5.74, 6) is 0.989. The highest BCUT2D eigenvalue weighted by Gasteiger charge is 2.16. The molecule has 0 saturated carbocycles. The van der Waals surface area contributed by atoms with Crippen LogP contribution in [0.15, 0.2) is 54.7 Å². The smallest absolute Gasteiger partial charge is 0.255 e. The van der Waals surface area contributed by atoms with Crippen molar-refractivity contribution in [1.82, 2.24) is 9.55 Å². The topological polar surface area (TPSA) is 46.9 Å². The van der Waals surface area contributed by atoms with Gasteiger partial charge in [0.15, 0.2) is 0 Å². The summed E-state index contributed by atoms with van der Waals surface area (Å²) in [5, 5.41) is 3.55. The van der Waals surface area contributed by atoms with Gasteiger partial charge in [0.2, 0.25) is 0 Å². The van der Waals surface area contributed by atoms with Crippen molar-refractivity contribution in [1.29, 1.82) is 0 Å². The Kier molecular flexibility index (Phi) is 3.82. The van der Waals surface area contributed by atoms with Crippen molar-refractivity contribution in [3.05, 3.63) is 71.1 Å². The number of imidazole rings is 1. The molecule has 5 heteroatoms. The van der Waals surface area contributed by atoms with E-state index in [1.165, 1.54) is 0 Å². The van der Waals surface area contributed by atoms with E-state index in [-0.39, 0.29) is 5.91 Å². The number of nitrogens with one attached hydrogen (secondary N) is 1. The minimum Gasteiger partial charge on any atom is -0.328 e. The molecule has 4 nitrogen and oxygen atoms in total. The monoisotopic (exact) mass is 337 g/mol. The number of aromatic nitrogens is 2. The van der Waals surface area contributed by atoms with E-state index in [9.17, 15) is 4.79 Å². The van der Waals surface area contributed by atoms with Gasteiger partial charge in [-0.1, -0.05) is 23.7 Å². The molecule has 3 aromatic rings. The summed E-state index contributed by atoms with van der Waals surface area (Å²) in [6, 6.07) is 14.7. The highest BCUT2D eigenvalue weighted by molar-refractivity contribution is 6.30. The van der Waals surface area contributed by atoms with E-state index in [4.69, 9.17) is 11.6 Å². The molecule has 1 N–H and O–H groups in total. The summed E-state index contributed by atoms with van der Waals surface area (Å²) < 4.78 is 2.25. The fraction of sp³-hybridized carbons (Fsp3) is 0.158. The van der Waals surface area contributed by atoms with Crippen LogP contribution >= 0.6 is 11.6 Å². The van der Waals surface area contributed by atoms with E-state index in [2.05, 4.69) is 14.9 Å². The summed E-state index contributed by atoms with van der Waals surface area (Å²) in [6.45, 7) is 1.01. The quantitative estimate of drug-likeness (QED) is 0.770. The predicted octanol–water partition coefficient (Wildman–Crippen LogP) is 4.40. The molecule has 0 aliphatic carbocycles. The molecule has 1 aliphatic heterocycles. The van der Waals surface area contributed by atoms with Gasteiger partial charge in [-0.05, 0) is 42.8 Å². The largest absolute Gasteiger partial charge is 0.328 e. The molecule has 0 bridgehead atoms. The molecule has 0 atom stereocenters. The van der Waals surface area contributed by atoms with Gasteiger partial charge in [0.05, 0.1) is 11.9 Å². The number of anilines is 1. The Morgan fingerprint density at radius 2 is 2.00 bits per heavy atom. The Labute approximate surface area is 145 Å². The molecule has 2 aromatic carbocycles. The zero-order valence-corrected chi connectivity index (χ0v) is 13.8. The van der Waals surface area contributed by atoms with Crippen LogP contribution in [0.3, 0.4) is 0 Å². The second-order valence-corrected chi connectivity index (χ2v) is 6.29. The molecular formula is C19H16ClN3O. The van der Waals surface area contributed by atoms with E-state index in [0.717, 1.165) is 42.2 Å². The summed E-state index contributed by atoms with van der Waals surface area (Å²) in [5.41, 5.74) is 3.51. The lowest BCUT2D eigenvalue weighted by atomic mass is 10.1. The fourth-order valence-electron chi connectivity index (χ4n) is 3.05. The van der Waals surface area contributed by atoms with E-state index < -0.39 is 0 Å². The van der Waals surface area contributed by atoms with Gasteiger partial charge < -0.3 is 9.88 Å². The van der Waals surface area contributed by atoms with Gasteiger partial charge in [0.1, 0.15) is 5.82 Å².